The van der Waals surface area contributed by atoms with Crippen molar-refractivity contribution >= 4 is 38.1 Å². The summed E-state index contributed by atoms with van der Waals surface area (Å²) in [4.78, 5) is 18.6. The third-order valence-electron chi connectivity index (χ3n) is 10.3. The number of alkyl halides is 6. The van der Waals surface area contributed by atoms with Crippen LogP contribution in [-0.2, 0) is 46.3 Å². The van der Waals surface area contributed by atoms with Crippen LogP contribution in [-0.4, -0.2) is 62.1 Å². The van der Waals surface area contributed by atoms with Gasteiger partial charge in [-0.2, -0.15) is 19.0 Å². The van der Waals surface area contributed by atoms with Gasteiger partial charge in [-0.05, 0) is 67.5 Å². The van der Waals surface area contributed by atoms with Crippen molar-refractivity contribution in [3.05, 3.63) is 98.7 Å². The lowest BCUT2D eigenvalue weighted by atomic mass is 9.86. The maximum absolute atomic E-state index is 15.4. The minimum absolute atomic E-state index is 0.00354. The van der Waals surface area contributed by atoms with Gasteiger partial charge in [0, 0.05) is 59.7 Å². The minimum atomic E-state index is -3.63. The first-order valence-corrected chi connectivity index (χ1v) is 20.1. The molecule has 1 saturated carbocycles. The fourth-order valence-corrected chi connectivity index (χ4v) is 8.68. The number of halogens is 9. The Bertz CT molecular complexity index is 2650. The number of aromatic nitrogens is 5. The summed E-state index contributed by atoms with van der Waals surface area (Å²) < 4.78 is 142. The summed E-state index contributed by atoms with van der Waals surface area (Å²) in [5.41, 5.74) is -3.95. The van der Waals surface area contributed by atoms with Crippen LogP contribution in [0.15, 0.2) is 42.5 Å². The Kier molecular flexibility index (Phi) is 10.5. The SMILES string of the molecule is Cn1nc(CS(C)(=O)=O)c2c(Cl)ccc(-c3ccc(C#CC(C)(O)C(F)F)nc3[C@@H](CC(=O)Cn3nc(C(F)F)c4c3C(F)(F)[C@@H]3C[C@H]43)Cc3cc(F)cc(F)c3)c21. The average molecular weight is 854 g/mol. The Hall–Kier alpha value is -4.86. The fourth-order valence-electron chi connectivity index (χ4n) is 7.72. The standard InChI is InChI=1S/C39H32ClF8N5O4S/c1-38(55,37(45)46)9-8-22-4-5-24(25-6-7-28(40)31-29(17-58(3,56)57)50-52(2)34(25)31)32(49-22)19(10-18-11-20(41)14-21(42)12-18)13-23(54)16-53-35-30(33(51-53)36(43)44)26-15-27(26)39(35,47)48/h4-7,11-12,14,19,26-27,36-37,55H,10,13,15-17H2,1-3H3/t19-,26+,27-,38?/m1/s1. The molecule has 0 amide bonds. The van der Waals surface area contributed by atoms with Gasteiger partial charge in [-0.25, -0.2) is 39.7 Å². The molecule has 1 N–H and O–H groups in total. The van der Waals surface area contributed by atoms with Gasteiger partial charge in [-0.15, -0.1) is 0 Å². The maximum Gasteiger partial charge on any atom is 0.293 e. The second-order valence-corrected chi connectivity index (χ2v) is 17.4. The molecule has 0 aliphatic heterocycles. The summed E-state index contributed by atoms with van der Waals surface area (Å²) in [7, 11) is -2.11. The molecule has 2 aliphatic rings. The number of benzene rings is 2. The van der Waals surface area contributed by atoms with Crippen LogP contribution in [0.25, 0.3) is 22.0 Å². The fraction of sp³-hybridized carbons (Fsp3) is 0.385. The predicted octanol–water partition coefficient (Wildman–Crippen LogP) is 7.81. The summed E-state index contributed by atoms with van der Waals surface area (Å²) in [5, 5.41) is 18.6. The molecule has 3 aromatic heterocycles. The summed E-state index contributed by atoms with van der Waals surface area (Å²) >= 11 is 6.59. The molecule has 1 unspecified atom stereocenters. The van der Waals surface area contributed by atoms with Gasteiger partial charge in [-0.1, -0.05) is 23.6 Å². The lowest BCUT2D eigenvalue weighted by Crippen LogP contribution is -2.31. The van der Waals surface area contributed by atoms with Gasteiger partial charge in [0.15, 0.2) is 21.2 Å². The van der Waals surface area contributed by atoms with Crippen molar-refractivity contribution in [3.8, 4) is 23.0 Å². The summed E-state index contributed by atoms with van der Waals surface area (Å²) in [6.07, 6.45) is -6.43. The molecule has 2 aliphatic carbocycles. The Morgan fingerprint density at radius 3 is 2.36 bits per heavy atom. The first-order valence-electron chi connectivity index (χ1n) is 17.7. The summed E-state index contributed by atoms with van der Waals surface area (Å²) in [5.74, 6) is -5.56. The first kappa shape index (κ1) is 41.3. The van der Waals surface area contributed by atoms with E-state index in [1.54, 1.807) is 0 Å². The van der Waals surface area contributed by atoms with Crippen LogP contribution in [0.2, 0.25) is 5.02 Å². The van der Waals surface area contributed by atoms with Gasteiger partial charge < -0.3 is 5.11 Å². The molecule has 7 rings (SSSR count). The smallest absolute Gasteiger partial charge is 0.293 e. The molecule has 0 bridgehead atoms. The number of aryl methyl sites for hydroxylation is 1. The quantitative estimate of drug-likeness (QED) is 0.101. The highest BCUT2D eigenvalue weighted by atomic mass is 35.5. The van der Waals surface area contributed by atoms with Gasteiger partial charge in [0.1, 0.15) is 35.3 Å². The molecule has 2 aromatic carbocycles. The number of nitrogens with zero attached hydrogens (tertiary/aromatic N) is 5. The number of sulfone groups is 1. The van der Waals surface area contributed by atoms with Crippen molar-refractivity contribution < 1.29 is 53.4 Å². The molecule has 3 heterocycles. The number of ketones is 1. The largest absolute Gasteiger partial charge is 0.372 e. The molecule has 0 saturated heterocycles. The van der Waals surface area contributed by atoms with E-state index in [1.807, 2.05) is 0 Å². The lowest BCUT2D eigenvalue weighted by molar-refractivity contribution is -0.120. The highest BCUT2D eigenvalue weighted by Crippen LogP contribution is 2.68. The number of pyridine rings is 1. The molecule has 5 aromatic rings. The van der Waals surface area contributed by atoms with Crippen molar-refractivity contribution in [2.75, 3.05) is 6.26 Å². The van der Waals surface area contributed by atoms with E-state index >= 15 is 8.78 Å². The van der Waals surface area contributed by atoms with E-state index in [9.17, 15) is 44.7 Å². The molecule has 1 fully saturated rings. The minimum Gasteiger partial charge on any atom is -0.372 e. The Balaban J connectivity index is 1.40. The molecule has 19 heteroatoms. The highest BCUT2D eigenvalue weighted by Gasteiger charge is 2.67. The van der Waals surface area contributed by atoms with Crippen molar-refractivity contribution in [3.63, 3.8) is 0 Å². The monoisotopic (exact) mass is 853 g/mol. The van der Waals surface area contributed by atoms with E-state index in [-0.39, 0.29) is 57.0 Å². The second-order valence-electron chi connectivity index (χ2n) is 14.9. The maximum atomic E-state index is 15.4. The van der Waals surface area contributed by atoms with Crippen LogP contribution in [0.1, 0.15) is 77.6 Å². The Labute approximate surface area is 330 Å². The van der Waals surface area contributed by atoms with Crippen LogP contribution < -0.4 is 0 Å². The zero-order valence-corrected chi connectivity index (χ0v) is 32.3. The Morgan fingerprint density at radius 1 is 1.05 bits per heavy atom. The number of Topliss-reactive ketones (excluding diaryl/α,β-unsaturated/α-hetero) is 1. The van der Waals surface area contributed by atoms with Gasteiger partial charge in [0.2, 0.25) is 0 Å². The van der Waals surface area contributed by atoms with Crippen molar-refractivity contribution in [2.45, 2.75) is 74.7 Å². The summed E-state index contributed by atoms with van der Waals surface area (Å²) in [6.45, 7) is -0.106. The van der Waals surface area contributed by atoms with Crippen molar-refractivity contribution in [1.82, 2.24) is 24.5 Å². The zero-order valence-electron chi connectivity index (χ0n) is 30.7. The van der Waals surface area contributed by atoms with E-state index in [0.717, 1.165) is 25.3 Å². The van der Waals surface area contributed by atoms with E-state index < -0.39 is 99.5 Å². The normalized spacial score (nSPS) is 18.5. The number of fused-ring (bicyclic) bond motifs is 4. The van der Waals surface area contributed by atoms with Crippen molar-refractivity contribution in [1.29, 1.82) is 0 Å². The molecule has 58 heavy (non-hydrogen) atoms. The number of carbonyl (C=O) groups excluding carboxylic acids is 1. The van der Waals surface area contributed by atoms with Gasteiger partial charge >= 0.3 is 0 Å². The third kappa shape index (κ3) is 7.83. The topological polar surface area (TPSA) is 120 Å². The van der Waals surface area contributed by atoms with Gasteiger partial charge in [-0.3, -0.25) is 14.2 Å². The summed E-state index contributed by atoms with van der Waals surface area (Å²) in [6, 6.07) is 8.35. The molecular formula is C39H32ClF8N5O4S. The van der Waals surface area contributed by atoms with Crippen LogP contribution in [0.3, 0.4) is 0 Å². The van der Waals surface area contributed by atoms with Gasteiger partial charge in [0.25, 0.3) is 18.8 Å². The van der Waals surface area contributed by atoms with Crippen LogP contribution >= 0.6 is 11.6 Å². The number of hydrogen-bond donors (Lipinski definition) is 1. The molecule has 4 atom stereocenters. The number of hydrogen-bond acceptors (Lipinski definition) is 7. The molecule has 306 valence electrons. The van der Waals surface area contributed by atoms with Gasteiger partial charge in [0.05, 0.1) is 27.7 Å². The van der Waals surface area contributed by atoms with E-state index in [0.29, 0.717) is 21.8 Å². The zero-order chi connectivity index (χ0) is 42.2. The molecular weight excluding hydrogens is 822 g/mol. The van der Waals surface area contributed by atoms with Crippen LogP contribution in [0.5, 0.6) is 0 Å². The Morgan fingerprint density at radius 2 is 1.72 bits per heavy atom. The van der Waals surface area contributed by atoms with E-state index in [2.05, 4.69) is 27.0 Å². The third-order valence-corrected chi connectivity index (χ3v) is 11.4. The molecule has 9 nitrogen and oxygen atoms in total. The second kappa shape index (κ2) is 14.8. The number of rotatable bonds is 12. The molecule has 0 radical (unpaired) electrons. The molecule has 0 spiro atoms. The highest BCUT2D eigenvalue weighted by molar-refractivity contribution is 7.89. The first-order chi connectivity index (χ1) is 27.1. The van der Waals surface area contributed by atoms with E-state index in [4.69, 9.17) is 11.6 Å². The number of carbonyl (C=O) groups is 1. The van der Waals surface area contributed by atoms with Crippen molar-refractivity contribution in [2.24, 2.45) is 13.0 Å². The lowest BCUT2D eigenvalue weighted by Gasteiger charge is -2.22. The van der Waals surface area contributed by atoms with Crippen LogP contribution in [0, 0.1) is 29.4 Å². The number of aliphatic hydroxyl groups is 1. The predicted molar refractivity (Wildman–Crippen MR) is 195 cm³/mol. The average Bonchev–Trinajstić information content (AvgIpc) is 3.65. The van der Waals surface area contributed by atoms with Crippen LogP contribution in [0.4, 0.5) is 35.1 Å². The van der Waals surface area contributed by atoms with E-state index in [1.165, 1.54) is 36.0 Å².